The molecular formula is C16H18O3S. The first-order chi connectivity index (χ1) is 9.64. The molecule has 0 saturated heterocycles. The Kier molecular flexibility index (Phi) is 3.28. The number of thioether (sulfide) groups is 1. The summed E-state index contributed by atoms with van der Waals surface area (Å²) in [5.74, 6) is 2.11. The molecule has 106 valence electrons. The zero-order valence-electron chi connectivity index (χ0n) is 11.7. The summed E-state index contributed by atoms with van der Waals surface area (Å²) in [6.45, 7) is 4.02. The first-order valence-electron chi connectivity index (χ1n) is 6.96. The number of carbonyl (C=O) groups is 1. The van der Waals surface area contributed by atoms with Crippen molar-refractivity contribution in [3.63, 3.8) is 0 Å². The molecule has 4 heteroatoms. The Labute approximate surface area is 123 Å². The predicted octanol–water partition coefficient (Wildman–Crippen LogP) is 4.04. The maximum atomic E-state index is 11.2. The number of hydrogen-bond acceptors (Lipinski definition) is 4. The number of rotatable bonds is 4. The van der Waals surface area contributed by atoms with Crippen LogP contribution in [0.1, 0.15) is 42.6 Å². The average molecular weight is 290 g/mol. The highest BCUT2D eigenvalue weighted by Crippen LogP contribution is 2.56. The van der Waals surface area contributed by atoms with Gasteiger partial charge in [-0.15, -0.1) is 11.8 Å². The van der Waals surface area contributed by atoms with Gasteiger partial charge in [0.2, 0.25) is 0 Å². The second-order valence-electron chi connectivity index (χ2n) is 5.29. The van der Waals surface area contributed by atoms with Crippen LogP contribution in [0.5, 0.6) is 5.75 Å². The molecule has 1 unspecified atom stereocenters. The van der Waals surface area contributed by atoms with Crippen LogP contribution >= 0.6 is 11.8 Å². The standard InChI is InChI=1S/C16H18O3S/c1-3-20-16(12-7-8-12)10(2)14(18)13-6-4-5-11(9-17)15(13)19-16/h4-6,9,12,18H,3,7-8H2,1-2H3. The lowest BCUT2D eigenvalue weighted by Crippen LogP contribution is -2.40. The number of ether oxygens (including phenoxy) is 1. The smallest absolute Gasteiger partial charge is 0.182 e. The van der Waals surface area contributed by atoms with Gasteiger partial charge in [-0.3, -0.25) is 4.79 Å². The highest BCUT2D eigenvalue weighted by molar-refractivity contribution is 8.00. The molecule has 1 atom stereocenters. The van der Waals surface area contributed by atoms with E-state index in [1.165, 1.54) is 0 Å². The van der Waals surface area contributed by atoms with E-state index in [0.717, 1.165) is 30.5 Å². The lowest BCUT2D eigenvalue weighted by molar-refractivity contribution is 0.111. The van der Waals surface area contributed by atoms with E-state index >= 15 is 0 Å². The first kappa shape index (κ1) is 13.6. The molecule has 1 fully saturated rings. The molecule has 1 saturated carbocycles. The van der Waals surface area contributed by atoms with Gasteiger partial charge < -0.3 is 9.84 Å². The van der Waals surface area contributed by atoms with E-state index in [9.17, 15) is 9.90 Å². The van der Waals surface area contributed by atoms with Crippen LogP contribution in [0.3, 0.4) is 0 Å². The van der Waals surface area contributed by atoms with Gasteiger partial charge in [0, 0.05) is 11.5 Å². The van der Waals surface area contributed by atoms with Gasteiger partial charge in [-0.1, -0.05) is 13.0 Å². The van der Waals surface area contributed by atoms with Crippen LogP contribution in [-0.4, -0.2) is 22.1 Å². The lowest BCUT2D eigenvalue weighted by atomic mass is 9.95. The van der Waals surface area contributed by atoms with Gasteiger partial charge in [0.15, 0.2) is 11.2 Å². The Hall–Kier alpha value is -1.42. The molecule has 0 bridgehead atoms. The molecule has 0 amide bonds. The van der Waals surface area contributed by atoms with Crippen LogP contribution in [0.15, 0.2) is 23.8 Å². The minimum absolute atomic E-state index is 0.266. The Balaban J connectivity index is 2.18. The Morgan fingerprint density at radius 2 is 2.25 bits per heavy atom. The summed E-state index contributed by atoms with van der Waals surface area (Å²) in [5.41, 5.74) is 2.01. The molecule has 1 heterocycles. The molecule has 0 radical (unpaired) electrons. The molecule has 2 aliphatic rings. The van der Waals surface area contributed by atoms with Crippen LogP contribution in [-0.2, 0) is 0 Å². The predicted molar refractivity (Wildman–Crippen MR) is 81.3 cm³/mol. The molecule has 0 aromatic heterocycles. The van der Waals surface area contributed by atoms with Crippen LogP contribution in [0.2, 0.25) is 0 Å². The Bertz CT molecular complexity index is 589. The van der Waals surface area contributed by atoms with Gasteiger partial charge in [0.25, 0.3) is 0 Å². The third-order valence-electron chi connectivity index (χ3n) is 4.03. The largest absolute Gasteiger partial charge is 0.507 e. The second kappa shape index (κ2) is 4.85. The SMILES string of the molecule is CCSC1(C2CC2)Oc2c(C=O)cccc2C(O)=C1C. The van der Waals surface area contributed by atoms with Crippen LogP contribution in [0, 0.1) is 5.92 Å². The number of fused-ring (bicyclic) bond motifs is 1. The number of aliphatic hydroxyl groups excluding tert-OH is 1. The van der Waals surface area contributed by atoms with Crippen molar-refractivity contribution in [3.05, 3.63) is 34.9 Å². The first-order valence-corrected chi connectivity index (χ1v) is 7.94. The van der Waals surface area contributed by atoms with E-state index in [4.69, 9.17) is 4.74 Å². The summed E-state index contributed by atoms with van der Waals surface area (Å²) < 4.78 is 6.30. The average Bonchev–Trinajstić information content (AvgIpc) is 3.29. The fourth-order valence-electron chi connectivity index (χ4n) is 2.87. The van der Waals surface area contributed by atoms with Crippen molar-refractivity contribution in [3.8, 4) is 5.75 Å². The minimum atomic E-state index is -0.509. The van der Waals surface area contributed by atoms with Gasteiger partial charge in [-0.05, 0) is 37.7 Å². The fourth-order valence-corrected chi connectivity index (χ4v) is 4.22. The van der Waals surface area contributed by atoms with E-state index in [0.29, 0.717) is 22.8 Å². The Morgan fingerprint density at radius 3 is 2.85 bits per heavy atom. The third-order valence-corrected chi connectivity index (χ3v) is 5.47. The van der Waals surface area contributed by atoms with Gasteiger partial charge in [0.05, 0.1) is 11.1 Å². The maximum absolute atomic E-state index is 11.2. The van der Waals surface area contributed by atoms with E-state index in [1.54, 1.807) is 30.0 Å². The highest BCUT2D eigenvalue weighted by atomic mass is 32.2. The van der Waals surface area contributed by atoms with Crippen molar-refractivity contribution in [2.75, 3.05) is 5.75 Å². The number of carbonyl (C=O) groups excluding carboxylic acids is 1. The molecule has 20 heavy (non-hydrogen) atoms. The van der Waals surface area contributed by atoms with Crippen molar-refractivity contribution in [1.82, 2.24) is 0 Å². The van der Waals surface area contributed by atoms with E-state index in [2.05, 4.69) is 6.92 Å². The zero-order valence-corrected chi connectivity index (χ0v) is 12.5. The van der Waals surface area contributed by atoms with Crippen molar-refractivity contribution in [2.45, 2.75) is 31.6 Å². The van der Waals surface area contributed by atoms with Gasteiger partial charge in [0.1, 0.15) is 11.5 Å². The van der Waals surface area contributed by atoms with E-state index in [-0.39, 0.29) is 5.76 Å². The van der Waals surface area contributed by atoms with Crippen LogP contribution in [0.4, 0.5) is 0 Å². The fraction of sp³-hybridized carbons (Fsp3) is 0.438. The van der Waals surface area contributed by atoms with E-state index in [1.807, 2.05) is 6.92 Å². The Morgan fingerprint density at radius 1 is 1.50 bits per heavy atom. The van der Waals surface area contributed by atoms with Crippen molar-refractivity contribution in [2.24, 2.45) is 5.92 Å². The van der Waals surface area contributed by atoms with Crippen molar-refractivity contribution < 1.29 is 14.6 Å². The number of hydrogen-bond donors (Lipinski definition) is 1. The summed E-state index contributed by atoms with van der Waals surface area (Å²) in [7, 11) is 0. The molecule has 3 rings (SSSR count). The third kappa shape index (κ3) is 1.85. The van der Waals surface area contributed by atoms with Gasteiger partial charge in [-0.2, -0.15) is 0 Å². The van der Waals surface area contributed by atoms with E-state index < -0.39 is 4.93 Å². The zero-order chi connectivity index (χ0) is 14.3. The summed E-state index contributed by atoms with van der Waals surface area (Å²) in [4.78, 5) is 10.7. The molecule has 1 N–H and O–H groups in total. The normalized spacial score (nSPS) is 25.1. The number of aliphatic hydroxyl groups is 1. The van der Waals surface area contributed by atoms with Gasteiger partial charge in [-0.25, -0.2) is 0 Å². The summed E-state index contributed by atoms with van der Waals surface area (Å²) in [6.07, 6.45) is 3.01. The quantitative estimate of drug-likeness (QED) is 0.850. The summed E-state index contributed by atoms with van der Waals surface area (Å²) in [6, 6.07) is 5.30. The molecular weight excluding hydrogens is 272 g/mol. The van der Waals surface area contributed by atoms with Crippen molar-refractivity contribution >= 4 is 23.8 Å². The molecule has 1 aromatic rings. The van der Waals surface area contributed by atoms with Crippen LogP contribution < -0.4 is 4.74 Å². The monoisotopic (exact) mass is 290 g/mol. The molecule has 1 aliphatic carbocycles. The number of para-hydroxylation sites is 1. The number of benzene rings is 1. The molecule has 1 aliphatic heterocycles. The topological polar surface area (TPSA) is 46.5 Å². The molecule has 1 aromatic carbocycles. The summed E-state index contributed by atoms with van der Waals surface area (Å²) >= 11 is 1.71. The molecule has 0 spiro atoms. The lowest BCUT2D eigenvalue weighted by Gasteiger charge is -2.39. The maximum Gasteiger partial charge on any atom is 0.182 e. The number of aldehydes is 1. The van der Waals surface area contributed by atoms with Crippen molar-refractivity contribution in [1.29, 1.82) is 0 Å². The minimum Gasteiger partial charge on any atom is -0.507 e. The molecule has 3 nitrogen and oxygen atoms in total. The van der Waals surface area contributed by atoms with Gasteiger partial charge >= 0.3 is 0 Å². The highest BCUT2D eigenvalue weighted by Gasteiger charge is 2.52. The summed E-state index contributed by atoms with van der Waals surface area (Å²) in [5, 5.41) is 10.6. The second-order valence-corrected chi connectivity index (χ2v) is 6.76. The van der Waals surface area contributed by atoms with Crippen LogP contribution in [0.25, 0.3) is 5.76 Å².